The number of hydrogen-bond donors (Lipinski definition) is 3. The first kappa shape index (κ1) is 18.3. The van der Waals surface area contributed by atoms with Crippen molar-refractivity contribution in [2.24, 2.45) is 5.73 Å². The van der Waals surface area contributed by atoms with Gasteiger partial charge in [0.25, 0.3) is 5.91 Å². The molecule has 0 saturated carbocycles. The molecule has 0 aliphatic rings. The van der Waals surface area contributed by atoms with Crippen molar-refractivity contribution in [1.29, 1.82) is 0 Å². The van der Waals surface area contributed by atoms with Gasteiger partial charge in [-0.25, -0.2) is 0 Å². The number of benzene rings is 2. The Kier molecular flexibility index (Phi) is 6.37. The molecule has 0 bridgehead atoms. The van der Waals surface area contributed by atoms with Crippen molar-refractivity contribution in [2.45, 2.75) is 18.9 Å². The lowest BCUT2D eigenvalue weighted by atomic mass is 10.0. The molecule has 2 aromatic rings. The summed E-state index contributed by atoms with van der Waals surface area (Å²) >= 11 is 0. The normalized spacial score (nSPS) is 11.3. The van der Waals surface area contributed by atoms with Gasteiger partial charge in [0.15, 0.2) is 0 Å². The van der Waals surface area contributed by atoms with Crippen LogP contribution in [0.25, 0.3) is 10.8 Å². The van der Waals surface area contributed by atoms with Gasteiger partial charge >= 0.3 is 5.97 Å². The van der Waals surface area contributed by atoms with Crippen molar-refractivity contribution in [1.82, 2.24) is 5.32 Å². The Hall–Kier alpha value is -2.77. The highest BCUT2D eigenvalue weighted by Crippen LogP contribution is 2.18. The van der Waals surface area contributed by atoms with Crippen molar-refractivity contribution >= 4 is 28.6 Å². The van der Waals surface area contributed by atoms with E-state index in [0.717, 1.165) is 10.8 Å². The number of nitrogens with one attached hydrogen (secondary N) is 1. The van der Waals surface area contributed by atoms with E-state index in [0.29, 0.717) is 5.56 Å². The number of rotatable bonds is 5. The van der Waals surface area contributed by atoms with E-state index in [1.54, 1.807) is 18.2 Å². The lowest BCUT2D eigenvalue weighted by Gasteiger charge is -2.08. The summed E-state index contributed by atoms with van der Waals surface area (Å²) in [4.78, 5) is 34.5. The van der Waals surface area contributed by atoms with Crippen LogP contribution in [-0.4, -0.2) is 34.4 Å². The minimum absolute atomic E-state index is 0. The highest BCUT2D eigenvalue weighted by molar-refractivity contribution is 6.12. The fraction of sp³-hybridized carbons (Fsp3) is 0.188. The number of hydrogen-bond acceptors (Lipinski definition) is 4. The van der Waals surface area contributed by atoms with Gasteiger partial charge in [0.05, 0.1) is 0 Å². The molecule has 2 rings (SSSR count). The first-order valence-corrected chi connectivity index (χ1v) is 6.79. The highest BCUT2D eigenvalue weighted by atomic mass is 16.4. The van der Waals surface area contributed by atoms with Gasteiger partial charge in [-0.05, 0) is 23.3 Å². The molecule has 0 radical (unpaired) electrons. The predicted octanol–water partition coefficient (Wildman–Crippen LogP) is 0.464. The number of carbonyl (C=O) groups excluding carboxylic acids is 2. The van der Waals surface area contributed by atoms with Crippen LogP contribution >= 0.6 is 0 Å². The van der Waals surface area contributed by atoms with Crippen LogP contribution in [-0.2, 0) is 9.59 Å². The second-order valence-electron chi connectivity index (χ2n) is 4.89. The Bertz CT molecular complexity index is 724. The quantitative estimate of drug-likeness (QED) is 0.734. The minimum atomic E-state index is -1.17. The number of fused-ring (bicyclic) bond motifs is 1. The number of nitrogens with two attached hydrogens (primary N) is 1. The van der Waals surface area contributed by atoms with E-state index in [4.69, 9.17) is 10.8 Å². The van der Waals surface area contributed by atoms with E-state index in [2.05, 4.69) is 5.32 Å². The zero-order valence-electron chi connectivity index (χ0n) is 12.3. The summed E-state index contributed by atoms with van der Waals surface area (Å²) in [5.74, 6) is -2.23. The number of imide groups is 1. The molecule has 0 aliphatic heterocycles. The Morgan fingerprint density at radius 2 is 1.74 bits per heavy atom. The van der Waals surface area contributed by atoms with Crippen molar-refractivity contribution < 1.29 is 25.0 Å². The summed E-state index contributed by atoms with van der Waals surface area (Å²) in [5, 5.41) is 12.6. The van der Waals surface area contributed by atoms with Crippen LogP contribution in [0, 0.1) is 0 Å². The first-order chi connectivity index (χ1) is 10.5. The second-order valence-corrected chi connectivity index (χ2v) is 4.89. The van der Waals surface area contributed by atoms with E-state index in [1.807, 2.05) is 24.3 Å². The molecule has 0 aliphatic carbocycles. The molecular formula is C16H18N2O5. The maximum absolute atomic E-state index is 12.2. The molecule has 6 N–H and O–H groups in total. The number of carboxylic acid groups (broad SMARTS) is 1. The maximum Gasteiger partial charge on any atom is 0.320 e. The van der Waals surface area contributed by atoms with Crippen LogP contribution in [0.3, 0.4) is 0 Å². The molecule has 7 nitrogen and oxygen atoms in total. The zero-order valence-corrected chi connectivity index (χ0v) is 12.3. The average Bonchev–Trinajstić information content (AvgIpc) is 2.51. The van der Waals surface area contributed by atoms with E-state index in [9.17, 15) is 14.4 Å². The van der Waals surface area contributed by atoms with Gasteiger partial charge < -0.3 is 16.3 Å². The van der Waals surface area contributed by atoms with Crippen molar-refractivity contribution in [3.05, 3.63) is 48.0 Å². The lowest BCUT2D eigenvalue weighted by molar-refractivity contribution is -0.138. The van der Waals surface area contributed by atoms with Crippen molar-refractivity contribution in [3.63, 3.8) is 0 Å². The molecule has 2 amide bonds. The molecule has 0 saturated heterocycles. The molecule has 2 aromatic carbocycles. The Balaban J connectivity index is 0.00000264. The topological polar surface area (TPSA) is 141 Å². The molecular weight excluding hydrogens is 300 g/mol. The Morgan fingerprint density at radius 3 is 2.43 bits per heavy atom. The number of amides is 2. The maximum atomic E-state index is 12.2. The number of aliphatic carboxylic acids is 1. The monoisotopic (exact) mass is 318 g/mol. The van der Waals surface area contributed by atoms with Crippen LogP contribution in [0.4, 0.5) is 0 Å². The molecule has 122 valence electrons. The van der Waals surface area contributed by atoms with Crippen LogP contribution < -0.4 is 11.1 Å². The first-order valence-electron chi connectivity index (χ1n) is 6.79. The number of carbonyl (C=O) groups is 3. The van der Waals surface area contributed by atoms with Crippen LogP contribution in [0.1, 0.15) is 23.2 Å². The highest BCUT2D eigenvalue weighted by Gasteiger charge is 2.16. The fourth-order valence-corrected chi connectivity index (χ4v) is 2.09. The molecule has 0 fully saturated rings. The van der Waals surface area contributed by atoms with E-state index < -0.39 is 23.8 Å². The third-order valence-corrected chi connectivity index (χ3v) is 3.29. The molecule has 7 heteroatoms. The van der Waals surface area contributed by atoms with Gasteiger partial charge in [0, 0.05) is 12.0 Å². The van der Waals surface area contributed by atoms with Crippen molar-refractivity contribution in [3.8, 4) is 0 Å². The fourth-order valence-electron chi connectivity index (χ4n) is 2.09. The summed E-state index contributed by atoms with van der Waals surface area (Å²) in [6.07, 6.45) is -0.145. The SMILES string of the molecule is N[C@@H](CCC(=O)NC(=O)c1cccc2ccccc12)C(=O)O.O. The largest absolute Gasteiger partial charge is 0.480 e. The van der Waals surface area contributed by atoms with Gasteiger partial charge in [0.1, 0.15) is 6.04 Å². The second kappa shape index (κ2) is 8.02. The van der Waals surface area contributed by atoms with E-state index in [-0.39, 0.29) is 18.3 Å². The van der Waals surface area contributed by atoms with Crippen molar-refractivity contribution in [2.75, 3.05) is 0 Å². The summed E-state index contributed by atoms with van der Waals surface area (Å²) in [6.45, 7) is 0. The predicted molar refractivity (Wildman–Crippen MR) is 84.9 cm³/mol. The van der Waals surface area contributed by atoms with Gasteiger partial charge in [-0.1, -0.05) is 36.4 Å². The summed E-state index contributed by atoms with van der Waals surface area (Å²) in [6, 6.07) is 11.5. The Morgan fingerprint density at radius 1 is 1.09 bits per heavy atom. The minimum Gasteiger partial charge on any atom is -0.480 e. The van der Waals surface area contributed by atoms with Gasteiger partial charge in [-0.15, -0.1) is 0 Å². The molecule has 1 atom stereocenters. The van der Waals surface area contributed by atoms with Crippen LogP contribution in [0.5, 0.6) is 0 Å². The van der Waals surface area contributed by atoms with Crippen LogP contribution in [0.2, 0.25) is 0 Å². The smallest absolute Gasteiger partial charge is 0.320 e. The van der Waals surface area contributed by atoms with E-state index >= 15 is 0 Å². The van der Waals surface area contributed by atoms with Gasteiger partial charge in [-0.2, -0.15) is 0 Å². The molecule has 0 unspecified atom stereocenters. The number of carboxylic acids is 1. The average molecular weight is 318 g/mol. The van der Waals surface area contributed by atoms with E-state index in [1.165, 1.54) is 0 Å². The summed E-state index contributed by atoms with van der Waals surface area (Å²) in [5.41, 5.74) is 5.71. The summed E-state index contributed by atoms with van der Waals surface area (Å²) < 4.78 is 0. The molecule has 0 spiro atoms. The van der Waals surface area contributed by atoms with Gasteiger partial charge in [-0.3, -0.25) is 19.7 Å². The third-order valence-electron chi connectivity index (χ3n) is 3.29. The standard InChI is InChI=1S/C16H16N2O4.H2O/c17-13(16(21)22)8-9-14(19)18-15(20)12-7-3-5-10-4-1-2-6-11(10)12;/h1-7,13H,8-9,17H2,(H,21,22)(H,18,19,20);1H2/t13-;/m0./s1. The summed E-state index contributed by atoms with van der Waals surface area (Å²) in [7, 11) is 0. The lowest BCUT2D eigenvalue weighted by Crippen LogP contribution is -2.34. The van der Waals surface area contributed by atoms with Gasteiger partial charge in [0.2, 0.25) is 5.91 Å². The molecule has 23 heavy (non-hydrogen) atoms. The Labute approximate surface area is 132 Å². The zero-order chi connectivity index (χ0) is 16.1. The van der Waals surface area contributed by atoms with Crippen LogP contribution in [0.15, 0.2) is 42.5 Å². The molecule has 0 heterocycles. The molecule has 0 aromatic heterocycles. The third kappa shape index (κ3) is 4.60.